The maximum Gasteiger partial charge on any atom is 0.250 e. The van der Waals surface area contributed by atoms with Crippen LogP contribution in [0.5, 0.6) is 0 Å². The Morgan fingerprint density at radius 3 is 2.75 bits per heavy atom. The summed E-state index contributed by atoms with van der Waals surface area (Å²) in [7, 11) is 0. The lowest BCUT2D eigenvalue weighted by molar-refractivity contribution is -0.125. The highest BCUT2D eigenvalue weighted by atomic mass is 35.5. The van der Waals surface area contributed by atoms with Gasteiger partial charge < -0.3 is 15.2 Å². The molecule has 0 heterocycles. The number of amides is 1. The predicted octanol–water partition coefficient (Wildman–Crippen LogP) is 2.44. The number of ether oxygens (including phenoxy) is 1. The van der Waals surface area contributed by atoms with Crippen molar-refractivity contribution in [2.75, 3.05) is 18.5 Å². The fraction of sp³-hybridized carbons (Fsp3) is 0.400. The minimum Gasteiger partial charge on any atom is -0.384 e. The first-order chi connectivity index (χ1) is 9.31. The lowest BCUT2D eigenvalue weighted by atomic mass is 10.2. The Morgan fingerprint density at radius 2 is 2.15 bits per heavy atom. The monoisotopic (exact) mass is 295 g/mol. The van der Waals surface area contributed by atoms with Crippen molar-refractivity contribution in [2.24, 2.45) is 0 Å². The van der Waals surface area contributed by atoms with Crippen molar-refractivity contribution in [1.29, 1.82) is 0 Å². The highest BCUT2D eigenvalue weighted by Crippen LogP contribution is 2.22. The van der Waals surface area contributed by atoms with E-state index in [0.717, 1.165) is 0 Å². The third kappa shape index (κ3) is 6.07. The Morgan fingerprint density at radius 1 is 1.45 bits per heavy atom. The highest BCUT2D eigenvalue weighted by Gasteiger charge is 2.13. The summed E-state index contributed by atoms with van der Waals surface area (Å²) in [6.07, 6.45) is 0. The largest absolute Gasteiger partial charge is 0.384 e. The van der Waals surface area contributed by atoms with Gasteiger partial charge in [0, 0.05) is 5.56 Å². The van der Waals surface area contributed by atoms with E-state index in [9.17, 15) is 4.79 Å². The Labute approximate surface area is 124 Å². The quantitative estimate of drug-likeness (QED) is 0.842. The fourth-order valence-electron chi connectivity index (χ4n) is 1.31. The molecule has 1 amide bonds. The van der Waals surface area contributed by atoms with Crippen molar-refractivity contribution in [2.45, 2.75) is 26.4 Å². The third-order valence-electron chi connectivity index (χ3n) is 2.19. The molecule has 0 fully saturated rings. The lowest BCUT2D eigenvalue weighted by Gasteiger charge is -2.19. The van der Waals surface area contributed by atoms with Crippen LogP contribution in [0.2, 0.25) is 5.02 Å². The third-order valence-corrected chi connectivity index (χ3v) is 2.52. The molecule has 0 aliphatic carbocycles. The van der Waals surface area contributed by atoms with Crippen LogP contribution in [0.25, 0.3) is 0 Å². The zero-order chi connectivity index (χ0) is 15.2. The first kappa shape index (κ1) is 16.5. The molecule has 2 N–H and O–H groups in total. The van der Waals surface area contributed by atoms with Gasteiger partial charge in [0.2, 0.25) is 5.91 Å². The average molecular weight is 296 g/mol. The van der Waals surface area contributed by atoms with Crippen LogP contribution in [-0.4, -0.2) is 29.8 Å². The van der Waals surface area contributed by atoms with E-state index in [1.807, 2.05) is 20.8 Å². The molecule has 0 saturated carbocycles. The lowest BCUT2D eigenvalue weighted by Crippen LogP contribution is -2.27. The summed E-state index contributed by atoms with van der Waals surface area (Å²) in [6, 6.07) is 5.01. The number of carbonyl (C=O) groups is 1. The van der Waals surface area contributed by atoms with Crippen LogP contribution < -0.4 is 5.32 Å². The number of hydrogen-bond donors (Lipinski definition) is 2. The van der Waals surface area contributed by atoms with Crippen molar-refractivity contribution < 1.29 is 14.6 Å². The number of benzene rings is 1. The molecule has 0 saturated heterocycles. The molecule has 0 atom stereocenters. The Bertz CT molecular complexity index is 538. The minimum atomic E-state index is -0.379. The topological polar surface area (TPSA) is 58.6 Å². The summed E-state index contributed by atoms with van der Waals surface area (Å²) >= 11 is 6.01. The molecule has 0 bridgehead atoms. The van der Waals surface area contributed by atoms with Crippen LogP contribution in [0, 0.1) is 11.8 Å². The van der Waals surface area contributed by atoms with E-state index in [1.165, 1.54) is 0 Å². The summed E-state index contributed by atoms with van der Waals surface area (Å²) in [6.45, 7) is 5.35. The summed E-state index contributed by atoms with van der Waals surface area (Å²) in [5, 5.41) is 11.8. The molecule has 0 radical (unpaired) electrons. The van der Waals surface area contributed by atoms with Gasteiger partial charge in [-0.3, -0.25) is 4.79 Å². The maximum absolute atomic E-state index is 11.8. The van der Waals surface area contributed by atoms with E-state index < -0.39 is 0 Å². The van der Waals surface area contributed by atoms with Gasteiger partial charge >= 0.3 is 0 Å². The van der Waals surface area contributed by atoms with Crippen LogP contribution in [0.1, 0.15) is 26.3 Å². The molecule has 0 aromatic heterocycles. The second kappa shape index (κ2) is 7.30. The van der Waals surface area contributed by atoms with Crippen molar-refractivity contribution in [3.05, 3.63) is 28.8 Å². The van der Waals surface area contributed by atoms with E-state index in [-0.39, 0.29) is 24.7 Å². The smallest absolute Gasteiger partial charge is 0.250 e. The summed E-state index contributed by atoms with van der Waals surface area (Å²) in [5.41, 5.74) is 0.754. The number of aliphatic hydroxyl groups excluding tert-OH is 1. The van der Waals surface area contributed by atoms with Gasteiger partial charge in [0.25, 0.3) is 0 Å². The Kier molecular flexibility index (Phi) is 6.03. The number of hydrogen-bond acceptors (Lipinski definition) is 3. The number of aliphatic hydroxyl groups is 1. The van der Waals surface area contributed by atoms with E-state index in [1.54, 1.807) is 18.2 Å². The summed E-state index contributed by atoms with van der Waals surface area (Å²) < 4.78 is 5.38. The number of carbonyl (C=O) groups excluding carboxylic acids is 1. The number of halogens is 1. The molecule has 0 aliphatic rings. The van der Waals surface area contributed by atoms with Crippen LogP contribution in [0.3, 0.4) is 0 Å². The molecule has 1 rings (SSSR count). The second-order valence-corrected chi connectivity index (χ2v) is 5.51. The van der Waals surface area contributed by atoms with Crippen molar-refractivity contribution in [1.82, 2.24) is 0 Å². The highest BCUT2D eigenvalue weighted by molar-refractivity contribution is 6.33. The van der Waals surface area contributed by atoms with Gasteiger partial charge in [0.05, 0.1) is 16.3 Å². The van der Waals surface area contributed by atoms with Crippen LogP contribution in [-0.2, 0) is 9.53 Å². The van der Waals surface area contributed by atoms with E-state index in [2.05, 4.69) is 17.2 Å². The molecular weight excluding hydrogens is 278 g/mol. The van der Waals surface area contributed by atoms with Crippen LogP contribution in [0.15, 0.2) is 18.2 Å². The molecule has 1 aromatic rings. The van der Waals surface area contributed by atoms with Gasteiger partial charge in [-0.2, -0.15) is 0 Å². The maximum atomic E-state index is 11.8. The number of rotatable bonds is 3. The van der Waals surface area contributed by atoms with Crippen LogP contribution in [0.4, 0.5) is 5.69 Å². The first-order valence-corrected chi connectivity index (χ1v) is 6.53. The number of nitrogens with one attached hydrogen (secondary N) is 1. The molecule has 0 unspecified atom stereocenters. The van der Waals surface area contributed by atoms with E-state index in [0.29, 0.717) is 16.3 Å². The van der Waals surface area contributed by atoms with E-state index >= 15 is 0 Å². The molecular formula is C15H18ClNO3. The fourth-order valence-corrected chi connectivity index (χ4v) is 1.47. The van der Waals surface area contributed by atoms with Gasteiger partial charge in [-0.15, -0.1) is 0 Å². The molecule has 4 nitrogen and oxygen atoms in total. The molecule has 5 heteroatoms. The van der Waals surface area contributed by atoms with Crippen molar-refractivity contribution in [3.63, 3.8) is 0 Å². The van der Waals surface area contributed by atoms with Gasteiger partial charge in [0.15, 0.2) is 0 Å². The Balaban J connectivity index is 2.73. The van der Waals surface area contributed by atoms with E-state index in [4.69, 9.17) is 21.4 Å². The van der Waals surface area contributed by atoms with Crippen molar-refractivity contribution >= 4 is 23.2 Å². The standard InChI is InChI=1S/C15H18ClNO3/c1-15(2,3)20-10-14(19)17-13-9-11(5-4-8-18)6-7-12(13)16/h6-7,9,18H,8,10H2,1-3H3,(H,17,19). The van der Waals surface area contributed by atoms with Gasteiger partial charge in [-0.05, 0) is 39.0 Å². The SMILES string of the molecule is CC(C)(C)OCC(=O)Nc1cc(C#CCO)ccc1Cl. The first-order valence-electron chi connectivity index (χ1n) is 6.15. The minimum absolute atomic E-state index is 0.0492. The zero-order valence-corrected chi connectivity index (χ0v) is 12.5. The molecule has 0 aliphatic heterocycles. The second-order valence-electron chi connectivity index (χ2n) is 5.10. The molecule has 1 aromatic carbocycles. The van der Waals surface area contributed by atoms with Crippen LogP contribution >= 0.6 is 11.6 Å². The summed E-state index contributed by atoms with van der Waals surface area (Å²) in [5.74, 6) is 5.00. The normalized spacial score (nSPS) is 10.7. The van der Waals surface area contributed by atoms with Gasteiger partial charge in [-0.1, -0.05) is 23.4 Å². The zero-order valence-electron chi connectivity index (χ0n) is 11.8. The molecule has 108 valence electrons. The predicted molar refractivity (Wildman–Crippen MR) is 79.8 cm³/mol. The van der Waals surface area contributed by atoms with Gasteiger partial charge in [0.1, 0.15) is 13.2 Å². The molecule has 0 spiro atoms. The summed E-state index contributed by atoms with van der Waals surface area (Å²) in [4.78, 5) is 11.8. The number of anilines is 1. The van der Waals surface area contributed by atoms with Gasteiger partial charge in [-0.25, -0.2) is 0 Å². The Hall–Kier alpha value is -1.54. The molecule has 20 heavy (non-hydrogen) atoms. The van der Waals surface area contributed by atoms with Crippen molar-refractivity contribution in [3.8, 4) is 11.8 Å². The average Bonchev–Trinajstić information content (AvgIpc) is 2.36.